The molecule has 8 nitrogen and oxygen atoms in total. The number of nitrogens with one attached hydrogen (secondary N) is 2. The molecule has 9 rings (SSSR count). The molecular weight excluding hydrogens is 1420 g/mol. The molecule has 0 radical (unpaired) electrons. The van der Waals surface area contributed by atoms with Gasteiger partial charge in [0.05, 0.1) is 0 Å². The number of aryl methyl sites for hydroxylation is 4. The Balaban J connectivity index is 1.67. The first kappa shape index (κ1) is 55.2. The third-order valence-electron chi connectivity index (χ3n) is 14.5. The van der Waals surface area contributed by atoms with Crippen molar-refractivity contribution in [3.8, 4) is 45.6 Å². The number of nitrogens with zero attached hydrogens (tertiary/aromatic N) is 6. The molecule has 0 atom stereocenters. The average molecular weight is 1480 g/mol. The van der Waals surface area contributed by atoms with E-state index in [1.54, 1.807) is 17.8 Å². The topological polar surface area (TPSA) is 109 Å². The van der Waals surface area contributed by atoms with E-state index in [2.05, 4.69) is 112 Å². The first-order chi connectivity index (χ1) is 35.0. The Kier molecular flexibility index (Phi) is 17.7. The number of rotatable bonds is 16. The third-order valence-corrected chi connectivity index (χ3v) is 31.5. The van der Waals surface area contributed by atoms with Crippen molar-refractivity contribution in [2.45, 2.75) is 153 Å². The van der Waals surface area contributed by atoms with Gasteiger partial charge in [-0.15, -0.1) is 0 Å². The first-order valence-electron chi connectivity index (χ1n) is 25.1. The van der Waals surface area contributed by atoms with Gasteiger partial charge in [-0.25, -0.2) is 0 Å². The van der Waals surface area contributed by atoms with E-state index < -0.39 is 0 Å². The van der Waals surface area contributed by atoms with E-state index in [9.17, 15) is 0 Å². The van der Waals surface area contributed by atoms with Crippen molar-refractivity contribution < 1.29 is 0 Å². The number of H-pyrrole nitrogens is 2. The zero-order valence-electron chi connectivity index (χ0n) is 44.6. The van der Waals surface area contributed by atoms with Crippen LogP contribution in [0.3, 0.4) is 0 Å². The Morgan fingerprint density at radius 2 is 0.417 bits per heavy atom. The van der Waals surface area contributed by atoms with E-state index in [1.165, 1.54) is 106 Å². The maximum atomic E-state index is 5.90. The van der Waals surface area contributed by atoms with E-state index in [0.717, 1.165) is 97.3 Å². The minimum atomic E-state index is 0.292. The molecule has 0 fully saturated rings. The van der Waals surface area contributed by atoms with Crippen LogP contribution in [-0.4, -0.2) is 160 Å². The van der Waals surface area contributed by atoms with Crippen LogP contribution in [0.2, 0.25) is 46.6 Å². The number of fused-ring (bicyclic) bond motifs is 20. The molecular formula is C56H66N8Se8. The molecule has 16 heteroatoms. The molecule has 0 unspecified atom stereocenters. The zero-order valence-corrected chi connectivity index (χ0v) is 58.3. The second-order valence-electron chi connectivity index (χ2n) is 17.5. The predicted octanol–water partition coefficient (Wildman–Crippen LogP) is 6.39. The van der Waals surface area contributed by atoms with Crippen molar-refractivity contribution in [1.82, 2.24) is 39.9 Å². The van der Waals surface area contributed by atoms with Gasteiger partial charge in [-0.2, -0.15) is 0 Å². The van der Waals surface area contributed by atoms with E-state index in [4.69, 9.17) is 29.9 Å². The molecule has 72 heavy (non-hydrogen) atoms. The van der Waals surface area contributed by atoms with Gasteiger partial charge in [-0.3, -0.25) is 0 Å². The summed E-state index contributed by atoms with van der Waals surface area (Å²) in [4.78, 5) is 43.1. The standard InChI is InChI=1S/C56H66N8Se8/c1-17-25-33-34(26(18-2)42(66-10)41(25)65-9)50-57-49(33)61-51-35-27(19-3)43(67-11)44(68-12)28(20-4)36(35)53(58-51)63-55-39-31(23-7)47(71-15)48(72-16)32(24-8)40(39)56(60-55)64-54-38-30(22-6)46(70-14)45(69-13)29(21-5)37(38)52(59-54)62-50/h17-24H2,1-16H3,(H2,57,58,59,60,61,62,63,64). The van der Waals surface area contributed by atoms with Gasteiger partial charge in [0.25, 0.3) is 0 Å². The van der Waals surface area contributed by atoms with Gasteiger partial charge < -0.3 is 0 Å². The fraction of sp³-hybridized carbons (Fsp3) is 0.429. The van der Waals surface area contributed by atoms with Crippen LogP contribution in [0.1, 0.15) is 99.9 Å². The zero-order chi connectivity index (χ0) is 51.4. The van der Waals surface area contributed by atoms with Gasteiger partial charge in [-0.1, -0.05) is 0 Å². The normalized spacial score (nSPS) is 12.2. The van der Waals surface area contributed by atoms with Gasteiger partial charge in [-0.05, 0) is 0 Å². The van der Waals surface area contributed by atoms with E-state index in [0.29, 0.717) is 120 Å². The monoisotopic (exact) mass is 1490 g/mol. The Labute approximate surface area is 477 Å². The minimum absolute atomic E-state index is 0.292. The quantitative estimate of drug-likeness (QED) is 0.109. The molecule has 2 N–H and O–H groups in total. The van der Waals surface area contributed by atoms with Crippen molar-refractivity contribution >= 4 is 199 Å². The number of hydrogen-bond donors (Lipinski definition) is 2. The molecule has 3 aromatic heterocycles. The number of benzene rings is 4. The van der Waals surface area contributed by atoms with Crippen LogP contribution >= 0.6 is 0 Å². The molecule has 0 amide bonds. The molecule has 4 aromatic carbocycles. The Morgan fingerprint density at radius 3 is 0.569 bits per heavy atom. The van der Waals surface area contributed by atoms with E-state index in [1.807, 2.05) is 0 Å². The van der Waals surface area contributed by atoms with Crippen molar-refractivity contribution in [2.24, 2.45) is 0 Å². The molecule has 8 bridgehead atoms. The van der Waals surface area contributed by atoms with Gasteiger partial charge in [0.2, 0.25) is 0 Å². The molecule has 2 aliphatic rings. The summed E-state index contributed by atoms with van der Waals surface area (Å²) in [5.41, 5.74) is 19.4. The van der Waals surface area contributed by atoms with Crippen LogP contribution in [0.15, 0.2) is 0 Å². The van der Waals surface area contributed by atoms with Crippen LogP contribution in [0, 0.1) is 0 Å². The van der Waals surface area contributed by atoms with E-state index in [-0.39, 0.29) is 0 Å². The SMILES string of the molecule is CCc1c([Se]C)c([Se]C)c(CC)c2c1-c1nc-2nc2[nH]c(nc3nc(nc4[nH]c(n1)c1c(CC)c([Se]C)c([Se]C)c(CC)c41)-c1c(CC)c([Se]C)c([Se]C)c(CC)c1-3)c1c(CC)c([Se]C)c([Se]C)c(CC)c21. The summed E-state index contributed by atoms with van der Waals surface area (Å²) in [6, 6.07) is 0. The summed E-state index contributed by atoms with van der Waals surface area (Å²) in [7, 11) is 0. The van der Waals surface area contributed by atoms with Gasteiger partial charge >= 0.3 is 483 Å². The molecule has 0 saturated carbocycles. The summed E-state index contributed by atoms with van der Waals surface area (Å²) >= 11 is 2.35. The van der Waals surface area contributed by atoms with Gasteiger partial charge in [0.15, 0.2) is 0 Å². The van der Waals surface area contributed by atoms with E-state index >= 15 is 0 Å². The van der Waals surface area contributed by atoms with Gasteiger partial charge in [0.1, 0.15) is 0 Å². The average Bonchev–Trinajstić information content (AvgIpc) is 4.15. The van der Waals surface area contributed by atoms with Crippen molar-refractivity contribution in [1.29, 1.82) is 0 Å². The molecule has 0 aliphatic carbocycles. The Morgan fingerprint density at radius 1 is 0.250 bits per heavy atom. The molecule has 378 valence electrons. The van der Waals surface area contributed by atoms with Crippen molar-refractivity contribution in [3.63, 3.8) is 0 Å². The first-order valence-corrected chi connectivity index (χ1v) is 45.6. The molecule has 0 saturated heterocycles. The summed E-state index contributed by atoms with van der Waals surface area (Å²) in [6.45, 7) is 18.7. The molecule has 2 aliphatic heterocycles. The Hall–Kier alpha value is -1.60. The maximum absolute atomic E-state index is 5.90. The molecule has 7 aromatic rings. The third kappa shape index (κ3) is 8.57. The second-order valence-corrected chi connectivity index (χ2v) is 31.2. The van der Waals surface area contributed by atoms with Crippen molar-refractivity contribution in [2.75, 3.05) is 0 Å². The number of aromatic amines is 2. The van der Waals surface area contributed by atoms with Crippen molar-refractivity contribution in [3.05, 3.63) is 44.5 Å². The fourth-order valence-corrected chi connectivity index (χ4v) is 32.4. The Bertz CT molecular complexity index is 3070. The van der Waals surface area contributed by atoms with Crippen LogP contribution < -0.4 is 35.7 Å². The second kappa shape index (κ2) is 23.2. The fourth-order valence-electron chi connectivity index (χ4n) is 11.7. The van der Waals surface area contributed by atoms with Crippen LogP contribution in [0.25, 0.3) is 89.7 Å². The predicted molar refractivity (Wildman–Crippen MR) is 321 cm³/mol. The molecule has 0 spiro atoms. The summed E-state index contributed by atoms with van der Waals surface area (Å²) in [6.07, 6.45) is 7.33. The number of hydrogen-bond acceptors (Lipinski definition) is 6. The van der Waals surface area contributed by atoms with Gasteiger partial charge in [0, 0.05) is 0 Å². The van der Waals surface area contributed by atoms with Crippen LogP contribution in [-0.2, 0) is 51.4 Å². The van der Waals surface area contributed by atoms with Crippen LogP contribution in [0.4, 0.5) is 0 Å². The number of aromatic nitrogens is 8. The summed E-state index contributed by atoms with van der Waals surface area (Å²) < 4.78 is 12.3. The molecule has 5 heterocycles. The summed E-state index contributed by atoms with van der Waals surface area (Å²) in [5.74, 6) is 22.3. The van der Waals surface area contributed by atoms with Crippen LogP contribution in [0.5, 0.6) is 0 Å². The summed E-state index contributed by atoms with van der Waals surface area (Å²) in [5, 5.41) is 4.84.